The number of rotatable bonds is 8. The van der Waals surface area contributed by atoms with Crippen LogP contribution in [0.4, 0.5) is 0 Å². The maximum atomic E-state index is 12.9. The molecule has 29 heavy (non-hydrogen) atoms. The second-order valence-electron chi connectivity index (χ2n) is 7.00. The van der Waals surface area contributed by atoms with Gasteiger partial charge in [0.15, 0.2) is 12.4 Å². The highest BCUT2D eigenvalue weighted by atomic mass is 32.2. The fourth-order valence-corrected chi connectivity index (χ4v) is 4.32. The zero-order valence-corrected chi connectivity index (χ0v) is 17.9. The topological polar surface area (TPSA) is 85.5 Å². The Morgan fingerprint density at radius 1 is 1.07 bits per heavy atom. The van der Waals surface area contributed by atoms with E-state index in [0.717, 1.165) is 22.4 Å². The van der Waals surface area contributed by atoms with Gasteiger partial charge in [-0.15, -0.1) is 0 Å². The molecule has 0 bridgehead atoms. The minimum atomic E-state index is -3.58. The molecule has 3 aromatic rings. The lowest BCUT2D eigenvalue weighted by atomic mass is 10.2. The zero-order valence-electron chi connectivity index (χ0n) is 17.0. The van der Waals surface area contributed by atoms with Gasteiger partial charge in [0, 0.05) is 20.0 Å². The molecule has 2 aromatic carbocycles. The first kappa shape index (κ1) is 21.0. The molecule has 0 aliphatic rings. The molecular formula is C21H25N3O4S. The molecule has 0 N–H and O–H groups in total. The van der Waals surface area contributed by atoms with Crippen molar-refractivity contribution in [1.82, 2.24) is 14.4 Å². The van der Waals surface area contributed by atoms with Gasteiger partial charge < -0.3 is 9.26 Å². The van der Waals surface area contributed by atoms with Crippen LogP contribution < -0.4 is 4.74 Å². The van der Waals surface area contributed by atoms with Gasteiger partial charge in [-0.25, -0.2) is 12.7 Å². The Bertz CT molecular complexity index is 1090. The second-order valence-corrected chi connectivity index (χ2v) is 9.02. The van der Waals surface area contributed by atoms with Crippen molar-refractivity contribution in [3.8, 4) is 5.75 Å². The van der Waals surface area contributed by atoms with Gasteiger partial charge in [-0.3, -0.25) is 0 Å². The monoisotopic (exact) mass is 415 g/mol. The number of aryl methyl sites for hydroxylation is 3. The van der Waals surface area contributed by atoms with Crippen molar-refractivity contribution >= 4 is 10.0 Å². The molecule has 0 saturated carbocycles. The molecule has 0 saturated heterocycles. The van der Waals surface area contributed by atoms with E-state index in [1.54, 1.807) is 20.0 Å². The maximum absolute atomic E-state index is 12.9. The van der Waals surface area contributed by atoms with Gasteiger partial charge in [0.2, 0.25) is 10.0 Å². The van der Waals surface area contributed by atoms with Crippen LogP contribution in [0.15, 0.2) is 51.9 Å². The van der Waals surface area contributed by atoms with E-state index in [9.17, 15) is 8.42 Å². The third-order valence-corrected chi connectivity index (χ3v) is 6.64. The Morgan fingerprint density at radius 2 is 1.83 bits per heavy atom. The third kappa shape index (κ3) is 5.02. The quantitative estimate of drug-likeness (QED) is 0.560. The van der Waals surface area contributed by atoms with Gasteiger partial charge in [-0.05, 0) is 49.6 Å². The van der Waals surface area contributed by atoms with Crippen LogP contribution in [0.2, 0.25) is 0 Å². The van der Waals surface area contributed by atoms with Crippen molar-refractivity contribution in [2.45, 2.75) is 38.7 Å². The van der Waals surface area contributed by atoms with Gasteiger partial charge in [0.25, 0.3) is 5.89 Å². The maximum Gasteiger partial charge on any atom is 0.264 e. The van der Waals surface area contributed by atoms with E-state index >= 15 is 0 Å². The van der Waals surface area contributed by atoms with Crippen molar-refractivity contribution < 1.29 is 17.7 Å². The molecule has 3 rings (SSSR count). The lowest BCUT2D eigenvalue weighted by Crippen LogP contribution is -2.29. The van der Waals surface area contributed by atoms with Gasteiger partial charge in [-0.2, -0.15) is 4.98 Å². The summed E-state index contributed by atoms with van der Waals surface area (Å²) >= 11 is 0. The number of benzene rings is 2. The summed E-state index contributed by atoms with van der Waals surface area (Å²) in [7, 11) is -2.03. The fourth-order valence-electron chi connectivity index (χ4n) is 2.84. The molecule has 0 radical (unpaired) electrons. The number of ether oxygens (including phenoxy) is 1. The zero-order chi connectivity index (χ0) is 21.0. The lowest BCUT2D eigenvalue weighted by molar-refractivity contribution is 0.241. The summed E-state index contributed by atoms with van der Waals surface area (Å²) in [5.74, 6) is 1.55. The number of aromatic nitrogens is 2. The summed E-state index contributed by atoms with van der Waals surface area (Å²) < 4.78 is 37.9. The molecule has 0 unspecified atom stereocenters. The molecule has 8 heteroatoms. The lowest BCUT2D eigenvalue weighted by Gasteiger charge is -2.18. The van der Waals surface area contributed by atoms with Crippen molar-refractivity contribution in [1.29, 1.82) is 0 Å². The van der Waals surface area contributed by atoms with E-state index in [1.165, 1.54) is 4.31 Å². The summed E-state index contributed by atoms with van der Waals surface area (Å²) in [6, 6.07) is 13.1. The smallest absolute Gasteiger partial charge is 0.264 e. The molecule has 0 fully saturated rings. The standard InChI is InChI=1S/C21H25N3O4S/c1-15-9-10-17(3)19(13-15)29(25,26)24(4)12-11-20-22-21(28-23-20)14-27-18-8-6-5-7-16(18)2/h5-10,13H,11-12,14H2,1-4H3. The predicted molar refractivity (Wildman–Crippen MR) is 109 cm³/mol. The average molecular weight is 416 g/mol. The molecule has 1 heterocycles. The van der Waals surface area contributed by atoms with Gasteiger partial charge in [-0.1, -0.05) is 35.5 Å². The molecule has 0 aliphatic heterocycles. The van der Waals surface area contributed by atoms with Crippen LogP contribution in [-0.4, -0.2) is 36.5 Å². The molecule has 0 spiro atoms. The molecule has 0 amide bonds. The number of likely N-dealkylation sites (N-methyl/N-ethyl adjacent to an activating group) is 1. The van der Waals surface area contributed by atoms with E-state index in [-0.39, 0.29) is 13.2 Å². The highest BCUT2D eigenvalue weighted by molar-refractivity contribution is 7.89. The van der Waals surface area contributed by atoms with E-state index < -0.39 is 10.0 Å². The summed E-state index contributed by atoms with van der Waals surface area (Å²) in [6.45, 7) is 6.03. The van der Waals surface area contributed by atoms with Crippen molar-refractivity contribution in [3.63, 3.8) is 0 Å². The Balaban J connectivity index is 1.60. The summed E-state index contributed by atoms with van der Waals surface area (Å²) in [6.07, 6.45) is 0.342. The van der Waals surface area contributed by atoms with E-state index in [2.05, 4.69) is 10.1 Å². The Labute approximate surface area is 171 Å². The van der Waals surface area contributed by atoms with Crippen LogP contribution in [0.1, 0.15) is 28.4 Å². The molecule has 0 atom stereocenters. The third-order valence-electron chi connectivity index (χ3n) is 4.64. The number of sulfonamides is 1. The number of nitrogens with zero attached hydrogens (tertiary/aromatic N) is 3. The first-order valence-corrected chi connectivity index (χ1v) is 10.7. The number of hydrogen-bond acceptors (Lipinski definition) is 6. The highest BCUT2D eigenvalue weighted by Gasteiger charge is 2.23. The van der Waals surface area contributed by atoms with E-state index in [0.29, 0.717) is 23.0 Å². The van der Waals surface area contributed by atoms with Crippen LogP contribution in [0.5, 0.6) is 5.75 Å². The molecule has 0 aliphatic carbocycles. The molecule has 1 aromatic heterocycles. The van der Waals surface area contributed by atoms with Gasteiger partial charge >= 0.3 is 0 Å². The highest BCUT2D eigenvalue weighted by Crippen LogP contribution is 2.21. The minimum absolute atomic E-state index is 0.161. The Kier molecular flexibility index (Phi) is 6.34. The average Bonchev–Trinajstić information content (AvgIpc) is 3.15. The predicted octanol–water partition coefficient (Wildman–Crippen LogP) is 3.44. The Morgan fingerprint density at radius 3 is 2.59 bits per heavy atom. The summed E-state index contributed by atoms with van der Waals surface area (Å²) in [5, 5.41) is 3.92. The van der Waals surface area contributed by atoms with E-state index in [1.807, 2.05) is 50.2 Å². The fraction of sp³-hybridized carbons (Fsp3) is 0.333. The first-order chi connectivity index (χ1) is 13.8. The van der Waals surface area contributed by atoms with Crippen LogP contribution >= 0.6 is 0 Å². The largest absolute Gasteiger partial charge is 0.483 e. The molecule has 154 valence electrons. The molecule has 7 nitrogen and oxygen atoms in total. The van der Waals surface area contributed by atoms with E-state index in [4.69, 9.17) is 9.26 Å². The number of para-hydroxylation sites is 1. The van der Waals surface area contributed by atoms with Crippen LogP contribution in [0.25, 0.3) is 0 Å². The van der Waals surface area contributed by atoms with Crippen molar-refractivity contribution in [2.24, 2.45) is 0 Å². The second kappa shape index (κ2) is 8.75. The van der Waals surface area contributed by atoms with Crippen molar-refractivity contribution in [3.05, 3.63) is 70.9 Å². The first-order valence-electron chi connectivity index (χ1n) is 9.31. The molecular weight excluding hydrogens is 390 g/mol. The van der Waals surface area contributed by atoms with Crippen LogP contribution in [0, 0.1) is 20.8 Å². The normalized spacial score (nSPS) is 11.8. The Hall–Kier alpha value is -2.71. The number of hydrogen-bond donors (Lipinski definition) is 0. The minimum Gasteiger partial charge on any atom is -0.483 e. The summed E-state index contributed by atoms with van der Waals surface area (Å²) in [5.41, 5.74) is 2.64. The summed E-state index contributed by atoms with van der Waals surface area (Å²) in [4.78, 5) is 4.61. The van der Waals surface area contributed by atoms with Gasteiger partial charge in [0.1, 0.15) is 5.75 Å². The SMILES string of the molecule is Cc1ccc(C)c(S(=O)(=O)N(C)CCc2noc(COc3ccccc3C)n2)c1. The van der Waals surface area contributed by atoms with Crippen LogP contribution in [-0.2, 0) is 23.1 Å². The van der Waals surface area contributed by atoms with Gasteiger partial charge in [0.05, 0.1) is 4.90 Å². The van der Waals surface area contributed by atoms with Crippen LogP contribution in [0.3, 0.4) is 0 Å². The van der Waals surface area contributed by atoms with Crippen molar-refractivity contribution in [2.75, 3.05) is 13.6 Å².